The van der Waals surface area contributed by atoms with E-state index in [1.807, 2.05) is 43.5 Å². The second kappa shape index (κ2) is 5.39. The predicted octanol–water partition coefficient (Wildman–Crippen LogP) is 5.00. The first kappa shape index (κ1) is 12.9. The van der Waals surface area contributed by atoms with Crippen LogP contribution < -0.4 is 0 Å². The van der Waals surface area contributed by atoms with Crippen molar-refractivity contribution in [1.82, 2.24) is 0 Å². The fourth-order valence-corrected chi connectivity index (χ4v) is 2.97. The molecule has 1 aromatic carbocycles. The van der Waals surface area contributed by atoms with Gasteiger partial charge in [-0.15, -0.1) is 11.3 Å². The van der Waals surface area contributed by atoms with Gasteiger partial charge in [0.25, 0.3) is 0 Å². The van der Waals surface area contributed by atoms with E-state index in [1.54, 1.807) is 0 Å². The van der Waals surface area contributed by atoms with Crippen LogP contribution in [0, 0.1) is 25.2 Å². The molecule has 0 aliphatic heterocycles. The van der Waals surface area contributed by atoms with Crippen LogP contribution in [0.5, 0.6) is 0 Å². The van der Waals surface area contributed by atoms with Crippen LogP contribution in [0.15, 0.2) is 35.7 Å². The molecule has 0 aliphatic carbocycles. The summed E-state index contributed by atoms with van der Waals surface area (Å²) in [7, 11) is 0. The van der Waals surface area contributed by atoms with E-state index in [4.69, 9.17) is 11.6 Å². The zero-order chi connectivity index (χ0) is 13.1. The molecule has 3 heteroatoms. The van der Waals surface area contributed by atoms with Gasteiger partial charge in [0.05, 0.1) is 10.6 Å². The summed E-state index contributed by atoms with van der Waals surface area (Å²) in [5.41, 5.74) is 3.74. The maximum absolute atomic E-state index is 9.29. The summed E-state index contributed by atoms with van der Waals surface area (Å²) in [4.78, 5) is 0.905. The molecule has 0 bridgehead atoms. The molecular weight excluding hydrogens is 262 g/mol. The molecule has 90 valence electrons. The Hall–Kier alpha value is -1.56. The van der Waals surface area contributed by atoms with Gasteiger partial charge in [0, 0.05) is 4.88 Å². The molecule has 0 fully saturated rings. The first-order valence-electron chi connectivity index (χ1n) is 5.55. The van der Waals surface area contributed by atoms with Gasteiger partial charge >= 0.3 is 0 Å². The summed E-state index contributed by atoms with van der Waals surface area (Å²) in [5, 5.41) is 11.8. The molecule has 1 nitrogen and oxygen atoms in total. The monoisotopic (exact) mass is 273 g/mol. The summed E-state index contributed by atoms with van der Waals surface area (Å²) < 4.78 is 0. The van der Waals surface area contributed by atoms with Crippen molar-refractivity contribution in [2.75, 3.05) is 0 Å². The Balaban J connectivity index is 2.58. The van der Waals surface area contributed by atoms with E-state index in [2.05, 4.69) is 12.1 Å². The van der Waals surface area contributed by atoms with E-state index in [0.717, 1.165) is 16.0 Å². The molecule has 0 atom stereocenters. The Morgan fingerprint density at radius 1 is 1.28 bits per heavy atom. The standard InChI is InChI=1S/C15H12ClNS/c1-10-5-6-12(11(2)8-10)15(16)13(9-17)14-4-3-7-18-14/h3-8H,1-2H3. The van der Waals surface area contributed by atoms with Crippen molar-refractivity contribution in [1.29, 1.82) is 5.26 Å². The highest BCUT2D eigenvalue weighted by Gasteiger charge is 2.12. The maximum Gasteiger partial charge on any atom is 0.102 e. The first-order valence-corrected chi connectivity index (χ1v) is 6.80. The van der Waals surface area contributed by atoms with Gasteiger partial charge in [0.1, 0.15) is 6.07 Å². The smallest absolute Gasteiger partial charge is 0.102 e. The van der Waals surface area contributed by atoms with Crippen LogP contribution in [0.25, 0.3) is 10.6 Å². The number of thiophene rings is 1. The molecule has 0 saturated heterocycles. The Morgan fingerprint density at radius 2 is 2.06 bits per heavy atom. The van der Waals surface area contributed by atoms with Gasteiger partial charge in [-0.25, -0.2) is 0 Å². The third-order valence-corrected chi connectivity index (χ3v) is 4.00. The topological polar surface area (TPSA) is 23.8 Å². The number of nitriles is 1. The molecule has 0 spiro atoms. The zero-order valence-electron chi connectivity index (χ0n) is 10.2. The summed E-state index contributed by atoms with van der Waals surface area (Å²) in [5.74, 6) is 0. The third kappa shape index (κ3) is 2.48. The zero-order valence-corrected chi connectivity index (χ0v) is 11.8. The van der Waals surface area contributed by atoms with Crippen molar-refractivity contribution in [3.63, 3.8) is 0 Å². The lowest BCUT2D eigenvalue weighted by atomic mass is 10.0. The molecule has 1 aromatic heterocycles. The van der Waals surface area contributed by atoms with E-state index >= 15 is 0 Å². The number of benzene rings is 1. The third-order valence-electron chi connectivity index (χ3n) is 2.72. The van der Waals surface area contributed by atoms with Crippen LogP contribution in [0.1, 0.15) is 21.6 Å². The maximum atomic E-state index is 9.29. The molecule has 0 N–H and O–H groups in total. The Labute approximate surface area is 116 Å². The lowest BCUT2D eigenvalue weighted by Crippen LogP contribution is -1.88. The SMILES string of the molecule is Cc1ccc(C(Cl)=C(C#N)c2cccs2)c(C)c1. The number of hydrogen-bond acceptors (Lipinski definition) is 2. The summed E-state index contributed by atoms with van der Waals surface area (Å²) >= 11 is 7.91. The summed E-state index contributed by atoms with van der Waals surface area (Å²) in [6, 6.07) is 12.1. The molecule has 2 aromatic rings. The van der Waals surface area contributed by atoms with Crippen LogP contribution in [0.2, 0.25) is 0 Å². The van der Waals surface area contributed by atoms with Gasteiger partial charge in [-0.1, -0.05) is 41.4 Å². The lowest BCUT2D eigenvalue weighted by Gasteiger charge is -2.07. The highest BCUT2D eigenvalue weighted by Crippen LogP contribution is 2.33. The second-order valence-corrected chi connectivity index (χ2v) is 5.42. The van der Waals surface area contributed by atoms with E-state index < -0.39 is 0 Å². The van der Waals surface area contributed by atoms with Gasteiger partial charge < -0.3 is 0 Å². The minimum absolute atomic E-state index is 0.525. The Morgan fingerprint density at radius 3 is 2.61 bits per heavy atom. The first-order chi connectivity index (χ1) is 8.63. The van der Waals surface area contributed by atoms with Crippen molar-refractivity contribution in [3.05, 3.63) is 57.3 Å². The highest BCUT2D eigenvalue weighted by molar-refractivity contribution is 7.11. The minimum atomic E-state index is 0.525. The van der Waals surface area contributed by atoms with Crippen LogP contribution in [-0.4, -0.2) is 0 Å². The number of halogens is 1. The van der Waals surface area contributed by atoms with Crippen molar-refractivity contribution in [2.45, 2.75) is 13.8 Å². The largest absolute Gasteiger partial charge is 0.192 e. The highest BCUT2D eigenvalue weighted by atomic mass is 35.5. The van der Waals surface area contributed by atoms with Crippen molar-refractivity contribution in [3.8, 4) is 6.07 Å². The summed E-state index contributed by atoms with van der Waals surface area (Å²) in [6.45, 7) is 4.05. The average molecular weight is 274 g/mol. The van der Waals surface area contributed by atoms with Gasteiger partial charge in [-0.05, 0) is 36.4 Å². The molecule has 0 radical (unpaired) electrons. The normalized spacial score (nSPS) is 11.9. The van der Waals surface area contributed by atoms with E-state index in [-0.39, 0.29) is 0 Å². The van der Waals surface area contributed by atoms with Gasteiger partial charge in [0.15, 0.2) is 0 Å². The fourth-order valence-electron chi connectivity index (χ4n) is 1.83. The fraction of sp³-hybridized carbons (Fsp3) is 0.133. The predicted molar refractivity (Wildman–Crippen MR) is 78.5 cm³/mol. The van der Waals surface area contributed by atoms with Gasteiger partial charge in [0.2, 0.25) is 0 Å². The molecule has 0 aliphatic rings. The van der Waals surface area contributed by atoms with Crippen molar-refractivity contribution >= 4 is 33.5 Å². The molecule has 18 heavy (non-hydrogen) atoms. The number of aryl methyl sites for hydroxylation is 2. The number of allylic oxidation sites excluding steroid dienone is 1. The van der Waals surface area contributed by atoms with Crippen molar-refractivity contribution in [2.24, 2.45) is 0 Å². The van der Waals surface area contributed by atoms with E-state index in [0.29, 0.717) is 10.6 Å². The van der Waals surface area contributed by atoms with Crippen LogP contribution in [0.4, 0.5) is 0 Å². The average Bonchev–Trinajstić information content (AvgIpc) is 2.83. The van der Waals surface area contributed by atoms with Crippen LogP contribution >= 0.6 is 22.9 Å². The Bertz CT molecular complexity index is 633. The van der Waals surface area contributed by atoms with Crippen LogP contribution in [-0.2, 0) is 0 Å². The molecule has 0 unspecified atom stereocenters. The van der Waals surface area contributed by atoms with E-state index in [1.165, 1.54) is 16.9 Å². The molecule has 2 rings (SSSR count). The summed E-state index contributed by atoms with van der Waals surface area (Å²) in [6.07, 6.45) is 0. The second-order valence-electron chi connectivity index (χ2n) is 4.10. The van der Waals surface area contributed by atoms with E-state index in [9.17, 15) is 5.26 Å². The lowest BCUT2D eigenvalue weighted by molar-refractivity contribution is 1.36. The number of nitrogens with zero attached hydrogens (tertiary/aromatic N) is 1. The molecule has 0 amide bonds. The number of rotatable bonds is 2. The van der Waals surface area contributed by atoms with Gasteiger partial charge in [-0.3, -0.25) is 0 Å². The minimum Gasteiger partial charge on any atom is -0.192 e. The van der Waals surface area contributed by atoms with Gasteiger partial charge in [-0.2, -0.15) is 5.26 Å². The molecule has 1 heterocycles. The Kier molecular flexibility index (Phi) is 3.86. The quantitative estimate of drug-likeness (QED) is 0.707. The molecule has 0 saturated carbocycles. The molecular formula is C15H12ClNS. The van der Waals surface area contributed by atoms with Crippen LogP contribution in [0.3, 0.4) is 0 Å². The number of hydrogen-bond donors (Lipinski definition) is 0. The van der Waals surface area contributed by atoms with Crippen molar-refractivity contribution < 1.29 is 0 Å².